The molecule has 6 heteroatoms. The summed E-state index contributed by atoms with van der Waals surface area (Å²) in [4.78, 5) is 23.9. The van der Waals surface area contributed by atoms with Crippen LogP contribution in [0.1, 0.15) is 26.3 Å². The number of halogens is 1. The highest BCUT2D eigenvalue weighted by atomic mass is 35.5. The SMILES string of the molecule is COCc1cccc(C(=O)Nc2ccc(Cl)c(C(=O)OC)c2)c1. The van der Waals surface area contributed by atoms with Crippen molar-refractivity contribution in [3.63, 3.8) is 0 Å². The van der Waals surface area contributed by atoms with Crippen molar-refractivity contribution in [3.8, 4) is 0 Å². The molecule has 1 amide bonds. The first-order valence-electron chi connectivity index (χ1n) is 6.82. The number of benzene rings is 2. The highest BCUT2D eigenvalue weighted by Crippen LogP contribution is 2.22. The molecule has 120 valence electrons. The van der Waals surface area contributed by atoms with Gasteiger partial charge in [0.1, 0.15) is 0 Å². The van der Waals surface area contributed by atoms with Gasteiger partial charge in [-0.25, -0.2) is 4.79 Å². The molecule has 0 aliphatic heterocycles. The second-order valence-electron chi connectivity index (χ2n) is 4.77. The first-order valence-corrected chi connectivity index (χ1v) is 7.20. The zero-order valence-electron chi connectivity index (χ0n) is 12.8. The maximum Gasteiger partial charge on any atom is 0.339 e. The lowest BCUT2D eigenvalue weighted by atomic mass is 10.1. The van der Waals surface area contributed by atoms with Gasteiger partial charge in [0, 0.05) is 18.4 Å². The molecule has 0 radical (unpaired) electrons. The molecule has 0 saturated heterocycles. The van der Waals surface area contributed by atoms with E-state index in [0.29, 0.717) is 17.9 Å². The van der Waals surface area contributed by atoms with Crippen LogP contribution >= 0.6 is 11.6 Å². The highest BCUT2D eigenvalue weighted by molar-refractivity contribution is 6.33. The van der Waals surface area contributed by atoms with E-state index >= 15 is 0 Å². The Balaban J connectivity index is 2.20. The van der Waals surface area contributed by atoms with Crippen molar-refractivity contribution in [2.24, 2.45) is 0 Å². The van der Waals surface area contributed by atoms with Crippen LogP contribution in [0, 0.1) is 0 Å². The number of amides is 1. The number of nitrogens with one attached hydrogen (secondary N) is 1. The van der Waals surface area contributed by atoms with E-state index in [1.807, 2.05) is 6.07 Å². The summed E-state index contributed by atoms with van der Waals surface area (Å²) in [6.45, 7) is 0.425. The fourth-order valence-electron chi connectivity index (χ4n) is 2.04. The van der Waals surface area contributed by atoms with E-state index in [0.717, 1.165) is 5.56 Å². The molecule has 0 aliphatic carbocycles. The third-order valence-electron chi connectivity index (χ3n) is 3.13. The zero-order chi connectivity index (χ0) is 16.8. The number of ether oxygens (including phenoxy) is 2. The quantitative estimate of drug-likeness (QED) is 0.850. The van der Waals surface area contributed by atoms with E-state index in [1.165, 1.54) is 19.2 Å². The van der Waals surface area contributed by atoms with Crippen molar-refractivity contribution in [2.75, 3.05) is 19.5 Å². The summed E-state index contributed by atoms with van der Waals surface area (Å²) in [6.07, 6.45) is 0. The van der Waals surface area contributed by atoms with Crippen molar-refractivity contribution in [2.45, 2.75) is 6.61 Å². The van der Waals surface area contributed by atoms with E-state index in [9.17, 15) is 9.59 Å². The van der Waals surface area contributed by atoms with Crippen LogP contribution in [0.3, 0.4) is 0 Å². The van der Waals surface area contributed by atoms with Crippen molar-refractivity contribution in [1.82, 2.24) is 0 Å². The first kappa shape index (κ1) is 17.0. The number of hydrogen-bond donors (Lipinski definition) is 1. The standard InChI is InChI=1S/C17H16ClNO4/c1-22-10-11-4-3-5-12(8-11)16(20)19-13-6-7-15(18)14(9-13)17(21)23-2/h3-9H,10H2,1-2H3,(H,19,20). The van der Waals surface area contributed by atoms with E-state index < -0.39 is 5.97 Å². The van der Waals surface area contributed by atoms with Gasteiger partial charge in [-0.15, -0.1) is 0 Å². The average molecular weight is 334 g/mol. The number of anilines is 1. The van der Waals surface area contributed by atoms with E-state index in [-0.39, 0.29) is 16.5 Å². The molecule has 2 aromatic rings. The fourth-order valence-corrected chi connectivity index (χ4v) is 2.24. The van der Waals surface area contributed by atoms with Gasteiger partial charge in [-0.1, -0.05) is 23.7 Å². The number of carbonyl (C=O) groups excluding carboxylic acids is 2. The van der Waals surface area contributed by atoms with Crippen LogP contribution in [0.2, 0.25) is 5.02 Å². The largest absolute Gasteiger partial charge is 0.465 e. The van der Waals surface area contributed by atoms with Crippen LogP contribution in [-0.4, -0.2) is 26.1 Å². The lowest BCUT2D eigenvalue weighted by Crippen LogP contribution is -2.13. The average Bonchev–Trinajstić information content (AvgIpc) is 2.56. The molecule has 0 spiro atoms. The lowest BCUT2D eigenvalue weighted by molar-refractivity contribution is 0.0600. The number of rotatable bonds is 5. The maximum atomic E-state index is 12.3. The molecule has 1 N–H and O–H groups in total. The molecule has 0 unspecified atom stereocenters. The second kappa shape index (κ2) is 7.76. The van der Waals surface area contributed by atoms with Gasteiger partial charge in [0.2, 0.25) is 0 Å². The topological polar surface area (TPSA) is 64.6 Å². The number of methoxy groups -OCH3 is 2. The van der Waals surface area contributed by atoms with Gasteiger partial charge in [0.15, 0.2) is 0 Å². The predicted octanol–water partition coefficient (Wildman–Crippen LogP) is 3.53. The molecule has 0 saturated carbocycles. The summed E-state index contributed by atoms with van der Waals surface area (Å²) in [5, 5.41) is 2.99. The minimum absolute atomic E-state index is 0.195. The number of esters is 1. The highest BCUT2D eigenvalue weighted by Gasteiger charge is 2.13. The Morgan fingerprint density at radius 1 is 1.13 bits per heavy atom. The summed E-state index contributed by atoms with van der Waals surface area (Å²) >= 11 is 5.95. The summed E-state index contributed by atoms with van der Waals surface area (Å²) in [6, 6.07) is 11.7. The van der Waals surface area contributed by atoms with Crippen LogP contribution in [0.15, 0.2) is 42.5 Å². The summed E-state index contributed by atoms with van der Waals surface area (Å²) in [5.41, 5.74) is 2.04. The van der Waals surface area contributed by atoms with Gasteiger partial charge < -0.3 is 14.8 Å². The smallest absolute Gasteiger partial charge is 0.339 e. The van der Waals surface area contributed by atoms with E-state index in [2.05, 4.69) is 10.1 Å². The summed E-state index contributed by atoms with van der Waals surface area (Å²) < 4.78 is 9.71. The van der Waals surface area contributed by atoms with Gasteiger partial charge in [-0.3, -0.25) is 4.79 Å². The monoisotopic (exact) mass is 333 g/mol. The van der Waals surface area contributed by atoms with Gasteiger partial charge >= 0.3 is 5.97 Å². The first-order chi connectivity index (χ1) is 11.0. The Hall–Kier alpha value is -2.37. The summed E-state index contributed by atoms with van der Waals surface area (Å²) in [7, 11) is 2.86. The van der Waals surface area contributed by atoms with Crippen LogP contribution < -0.4 is 5.32 Å². The third kappa shape index (κ3) is 4.31. The van der Waals surface area contributed by atoms with Crippen molar-refractivity contribution in [1.29, 1.82) is 0 Å². The Labute approximate surface area is 139 Å². The van der Waals surface area contributed by atoms with Crippen molar-refractivity contribution >= 4 is 29.2 Å². The van der Waals surface area contributed by atoms with Crippen molar-refractivity contribution in [3.05, 3.63) is 64.2 Å². The molecular formula is C17H16ClNO4. The number of hydrogen-bond acceptors (Lipinski definition) is 4. The maximum absolute atomic E-state index is 12.3. The molecule has 0 fully saturated rings. The molecule has 0 heterocycles. The Kier molecular flexibility index (Phi) is 5.73. The molecule has 23 heavy (non-hydrogen) atoms. The Morgan fingerprint density at radius 2 is 1.91 bits per heavy atom. The van der Waals surface area contributed by atoms with Crippen LogP contribution in [0.25, 0.3) is 0 Å². The molecule has 5 nitrogen and oxygen atoms in total. The molecule has 0 aromatic heterocycles. The lowest BCUT2D eigenvalue weighted by Gasteiger charge is -2.09. The van der Waals surface area contributed by atoms with Gasteiger partial charge in [-0.05, 0) is 35.9 Å². The van der Waals surface area contributed by atoms with Crippen LogP contribution in [-0.2, 0) is 16.1 Å². The Bertz CT molecular complexity index is 730. The molecule has 2 rings (SSSR count). The predicted molar refractivity (Wildman–Crippen MR) is 87.9 cm³/mol. The summed E-state index contributed by atoms with van der Waals surface area (Å²) in [5.74, 6) is -0.853. The van der Waals surface area contributed by atoms with Crippen LogP contribution in [0.5, 0.6) is 0 Å². The fraction of sp³-hybridized carbons (Fsp3) is 0.176. The Morgan fingerprint density at radius 3 is 2.61 bits per heavy atom. The van der Waals surface area contributed by atoms with Crippen molar-refractivity contribution < 1.29 is 19.1 Å². The second-order valence-corrected chi connectivity index (χ2v) is 5.18. The molecular weight excluding hydrogens is 318 g/mol. The normalized spacial score (nSPS) is 10.2. The third-order valence-corrected chi connectivity index (χ3v) is 3.46. The molecule has 0 bridgehead atoms. The minimum atomic E-state index is -0.562. The van der Waals surface area contributed by atoms with E-state index in [1.54, 1.807) is 31.4 Å². The van der Waals surface area contributed by atoms with Crippen LogP contribution in [0.4, 0.5) is 5.69 Å². The molecule has 2 aromatic carbocycles. The van der Waals surface area contributed by atoms with Gasteiger partial charge in [0.05, 0.1) is 24.3 Å². The zero-order valence-corrected chi connectivity index (χ0v) is 13.5. The number of carbonyl (C=O) groups is 2. The molecule has 0 aliphatic rings. The minimum Gasteiger partial charge on any atom is -0.465 e. The van der Waals surface area contributed by atoms with Gasteiger partial charge in [0.25, 0.3) is 5.91 Å². The van der Waals surface area contributed by atoms with Gasteiger partial charge in [-0.2, -0.15) is 0 Å². The van der Waals surface area contributed by atoms with E-state index in [4.69, 9.17) is 16.3 Å². The molecule has 0 atom stereocenters.